The number of rotatable bonds is 3. The summed E-state index contributed by atoms with van der Waals surface area (Å²) in [5, 5.41) is 0. The summed E-state index contributed by atoms with van der Waals surface area (Å²) in [5.74, 6) is -0.293. The molecule has 2 nitrogen and oxygen atoms in total. The highest BCUT2D eigenvalue weighted by molar-refractivity contribution is 9.10. The Bertz CT molecular complexity index is 597. The lowest BCUT2D eigenvalue weighted by molar-refractivity contribution is -0.0484. The van der Waals surface area contributed by atoms with Gasteiger partial charge in [-0.1, -0.05) is 33.8 Å². The zero-order chi connectivity index (χ0) is 13.9. The van der Waals surface area contributed by atoms with Gasteiger partial charge >= 0.3 is 0 Å². The number of halogens is 2. The molecule has 5 heteroatoms. The summed E-state index contributed by atoms with van der Waals surface area (Å²) in [6.07, 6.45) is -0.603. The maximum Gasteiger partial charge on any atom is 0.187 e. The molecule has 1 aliphatic rings. The molecule has 3 rings (SSSR count). The van der Waals surface area contributed by atoms with Gasteiger partial charge in [0.15, 0.2) is 6.29 Å². The van der Waals surface area contributed by atoms with Gasteiger partial charge in [-0.05, 0) is 36.4 Å². The molecular formula is C15H12BrFO2S. The van der Waals surface area contributed by atoms with Gasteiger partial charge in [0.25, 0.3) is 0 Å². The molecule has 2 aromatic carbocycles. The highest BCUT2D eigenvalue weighted by atomic mass is 79.9. The van der Waals surface area contributed by atoms with Crippen molar-refractivity contribution in [2.75, 3.05) is 13.2 Å². The third-order valence-electron chi connectivity index (χ3n) is 2.91. The van der Waals surface area contributed by atoms with E-state index in [0.29, 0.717) is 18.8 Å². The minimum Gasteiger partial charge on any atom is -0.346 e. The first-order chi connectivity index (χ1) is 9.74. The van der Waals surface area contributed by atoms with Crippen molar-refractivity contribution in [1.29, 1.82) is 0 Å². The van der Waals surface area contributed by atoms with E-state index in [9.17, 15) is 4.39 Å². The molecule has 0 bridgehead atoms. The second kappa shape index (κ2) is 6.26. The Morgan fingerprint density at radius 2 is 1.75 bits per heavy atom. The minimum absolute atomic E-state index is 0.293. The molecule has 1 saturated heterocycles. The van der Waals surface area contributed by atoms with Crippen LogP contribution >= 0.6 is 27.7 Å². The lowest BCUT2D eigenvalue weighted by Crippen LogP contribution is -2.03. The molecule has 0 atom stereocenters. The summed E-state index contributed by atoms with van der Waals surface area (Å²) in [7, 11) is 0. The largest absolute Gasteiger partial charge is 0.346 e. The molecule has 104 valence electrons. The lowest BCUT2D eigenvalue weighted by Gasteiger charge is -2.15. The van der Waals surface area contributed by atoms with Crippen LogP contribution in [0.5, 0.6) is 0 Å². The van der Waals surface area contributed by atoms with Gasteiger partial charge in [0.1, 0.15) is 5.82 Å². The van der Waals surface area contributed by atoms with Crippen molar-refractivity contribution in [3.63, 3.8) is 0 Å². The Morgan fingerprint density at radius 3 is 2.45 bits per heavy atom. The summed E-state index contributed by atoms with van der Waals surface area (Å²) >= 11 is 4.90. The van der Waals surface area contributed by atoms with E-state index < -0.39 is 6.29 Å². The summed E-state index contributed by atoms with van der Waals surface area (Å²) in [4.78, 5) is 1.86. The predicted octanol–water partition coefficient (Wildman–Crippen LogP) is 4.78. The molecule has 0 unspecified atom stereocenters. The number of benzene rings is 2. The second-order valence-electron chi connectivity index (χ2n) is 4.28. The fraction of sp³-hybridized carbons (Fsp3) is 0.200. The van der Waals surface area contributed by atoms with Crippen LogP contribution in [0.4, 0.5) is 4.39 Å². The highest BCUT2D eigenvalue weighted by Crippen LogP contribution is 2.37. The van der Waals surface area contributed by atoms with Gasteiger partial charge in [0.05, 0.1) is 18.8 Å². The first-order valence-corrected chi connectivity index (χ1v) is 7.80. The van der Waals surface area contributed by atoms with E-state index in [2.05, 4.69) is 15.9 Å². The van der Waals surface area contributed by atoms with Crippen LogP contribution in [0.15, 0.2) is 56.7 Å². The van der Waals surface area contributed by atoms with E-state index in [-0.39, 0.29) is 5.82 Å². The lowest BCUT2D eigenvalue weighted by atomic mass is 10.2. The van der Waals surface area contributed by atoms with Crippen LogP contribution in [0, 0.1) is 5.82 Å². The SMILES string of the molecule is Fc1cccc(Sc2ccc(Br)cc2)c1C1OCCO1. The molecule has 1 fully saturated rings. The Morgan fingerprint density at radius 1 is 1.05 bits per heavy atom. The van der Waals surface area contributed by atoms with E-state index in [0.717, 1.165) is 14.3 Å². The van der Waals surface area contributed by atoms with Gasteiger partial charge in [-0.3, -0.25) is 0 Å². The van der Waals surface area contributed by atoms with E-state index in [1.54, 1.807) is 6.07 Å². The quantitative estimate of drug-likeness (QED) is 0.789. The van der Waals surface area contributed by atoms with Crippen LogP contribution in [0.25, 0.3) is 0 Å². The van der Waals surface area contributed by atoms with Crippen LogP contribution in [0.1, 0.15) is 11.9 Å². The van der Waals surface area contributed by atoms with Gasteiger partial charge < -0.3 is 9.47 Å². The van der Waals surface area contributed by atoms with Gasteiger partial charge in [-0.2, -0.15) is 0 Å². The van der Waals surface area contributed by atoms with E-state index in [4.69, 9.17) is 9.47 Å². The van der Waals surface area contributed by atoms with Crippen LogP contribution in [0.3, 0.4) is 0 Å². The molecule has 20 heavy (non-hydrogen) atoms. The maximum absolute atomic E-state index is 14.1. The first kappa shape index (κ1) is 14.1. The maximum atomic E-state index is 14.1. The van der Waals surface area contributed by atoms with E-state index in [1.807, 2.05) is 30.3 Å². The van der Waals surface area contributed by atoms with Crippen molar-refractivity contribution < 1.29 is 13.9 Å². The number of ether oxygens (including phenoxy) is 2. The van der Waals surface area contributed by atoms with Gasteiger partial charge in [-0.15, -0.1) is 0 Å². The average molecular weight is 355 g/mol. The number of hydrogen-bond acceptors (Lipinski definition) is 3. The Labute approximate surface area is 129 Å². The third-order valence-corrected chi connectivity index (χ3v) is 4.52. The van der Waals surface area contributed by atoms with E-state index in [1.165, 1.54) is 17.8 Å². The van der Waals surface area contributed by atoms with Gasteiger partial charge in [0, 0.05) is 14.3 Å². The van der Waals surface area contributed by atoms with Crippen molar-refractivity contribution >= 4 is 27.7 Å². The van der Waals surface area contributed by atoms with Gasteiger partial charge in [-0.25, -0.2) is 4.39 Å². The molecule has 0 N–H and O–H groups in total. The monoisotopic (exact) mass is 354 g/mol. The van der Waals surface area contributed by atoms with Crippen molar-refractivity contribution in [2.45, 2.75) is 16.1 Å². The normalized spacial score (nSPS) is 15.7. The standard InChI is InChI=1S/C15H12BrFO2S/c16-10-4-6-11(7-5-10)20-13-3-1-2-12(17)14(13)15-18-8-9-19-15/h1-7,15H,8-9H2. The third kappa shape index (κ3) is 3.06. The molecule has 0 amide bonds. The van der Waals surface area contributed by atoms with Crippen molar-refractivity contribution in [3.05, 3.63) is 58.3 Å². The Balaban J connectivity index is 1.92. The summed E-state index contributed by atoms with van der Waals surface area (Å²) in [6, 6.07) is 12.9. The van der Waals surface area contributed by atoms with E-state index >= 15 is 0 Å². The highest BCUT2D eigenvalue weighted by Gasteiger charge is 2.25. The molecule has 1 heterocycles. The smallest absolute Gasteiger partial charge is 0.187 e. The molecular weight excluding hydrogens is 343 g/mol. The molecule has 0 aliphatic carbocycles. The molecule has 0 saturated carbocycles. The minimum atomic E-state index is -0.603. The fourth-order valence-electron chi connectivity index (χ4n) is 1.99. The molecule has 2 aromatic rings. The summed E-state index contributed by atoms with van der Waals surface area (Å²) < 4.78 is 26.0. The van der Waals surface area contributed by atoms with Gasteiger partial charge in [0.2, 0.25) is 0 Å². The molecule has 0 aromatic heterocycles. The number of hydrogen-bond donors (Lipinski definition) is 0. The van der Waals surface area contributed by atoms with Crippen LogP contribution < -0.4 is 0 Å². The van der Waals surface area contributed by atoms with Crippen LogP contribution in [-0.2, 0) is 9.47 Å². The first-order valence-electron chi connectivity index (χ1n) is 6.19. The average Bonchev–Trinajstić information content (AvgIpc) is 2.95. The Hall–Kier alpha value is -0.880. The molecule has 1 aliphatic heterocycles. The van der Waals surface area contributed by atoms with Crippen molar-refractivity contribution in [3.8, 4) is 0 Å². The predicted molar refractivity (Wildman–Crippen MR) is 79.3 cm³/mol. The topological polar surface area (TPSA) is 18.5 Å². The van der Waals surface area contributed by atoms with Crippen LogP contribution in [-0.4, -0.2) is 13.2 Å². The Kier molecular flexibility index (Phi) is 4.41. The zero-order valence-electron chi connectivity index (χ0n) is 10.5. The van der Waals surface area contributed by atoms with Crippen molar-refractivity contribution in [2.24, 2.45) is 0 Å². The van der Waals surface area contributed by atoms with Crippen LogP contribution in [0.2, 0.25) is 0 Å². The zero-order valence-corrected chi connectivity index (χ0v) is 12.9. The second-order valence-corrected chi connectivity index (χ2v) is 6.31. The fourth-order valence-corrected chi connectivity index (χ4v) is 3.23. The van der Waals surface area contributed by atoms with Crippen molar-refractivity contribution in [1.82, 2.24) is 0 Å². The molecule has 0 radical (unpaired) electrons. The summed E-state index contributed by atoms with van der Waals surface area (Å²) in [5.41, 5.74) is 0.484. The summed E-state index contributed by atoms with van der Waals surface area (Å²) in [6.45, 7) is 1.00. The molecule has 0 spiro atoms.